The summed E-state index contributed by atoms with van der Waals surface area (Å²) in [4.78, 5) is 61.0. The fraction of sp³-hybridized carbons (Fsp3) is 0.237. The fourth-order valence-electron chi connectivity index (χ4n) is 7.68. The Kier molecular flexibility index (Phi) is 6.88. The first-order valence-electron chi connectivity index (χ1n) is 15.7. The molecular weight excluding hydrogens is 596 g/mol. The minimum atomic E-state index is -0.669. The summed E-state index contributed by atoms with van der Waals surface area (Å²) in [5.41, 5.74) is 5.50. The molecule has 2 amide bonds. The molecule has 0 radical (unpaired) electrons. The van der Waals surface area contributed by atoms with Crippen LogP contribution in [0.1, 0.15) is 31.2 Å². The first-order chi connectivity index (χ1) is 22.8. The molecule has 1 aromatic heterocycles. The number of imide groups is 1. The highest BCUT2D eigenvalue weighted by Crippen LogP contribution is 2.55. The van der Waals surface area contributed by atoms with Crippen LogP contribution in [0.5, 0.6) is 5.75 Å². The van der Waals surface area contributed by atoms with Crippen LogP contribution in [0, 0.1) is 17.8 Å². The molecule has 1 aliphatic heterocycles. The van der Waals surface area contributed by atoms with E-state index in [1.54, 1.807) is 43.3 Å². The number of allylic oxidation sites excluding steroid dienone is 6. The molecule has 4 aromatic rings. The van der Waals surface area contributed by atoms with Crippen LogP contribution in [0.15, 0.2) is 112 Å². The Morgan fingerprint density at radius 1 is 0.936 bits per heavy atom. The summed E-state index contributed by atoms with van der Waals surface area (Å²) in [5.74, 6) is -2.17. The molecule has 3 aliphatic carbocycles. The molecule has 1 N–H and O–H groups in total. The SMILES string of the molecule is CC1=CC(=O)C2=C(C[C@@H]3C(=CC[C@@H]4C(=O)N(c5ccc(-c6nc7ccccc7o6)cc5)C(=O)[C@@H]43)[C@@H]2c2ccc(OCCO)cc2)C1=O. The average Bonchev–Trinajstić information content (AvgIpc) is 3.64. The third-order valence-corrected chi connectivity index (χ3v) is 9.80. The molecule has 1 saturated heterocycles. The van der Waals surface area contributed by atoms with Gasteiger partial charge in [-0.05, 0) is 85.9 Å². The van der Waals surface area contributed by atoms with Gasteiger partial charge < -0.3 is 14.3 Å². The number of nitrogens with zero attached hydrogens (tertiary/aromatic N) is 2. The van der Waals surface area contributed by atoms with Crippen molar-refractivity contribution in [1.82, 2.24) is 4.98 Å². The van der Waals surface area contributed by atoms with Gasteiger partial charge in [0, 0.05) is 28.2 Å². The zero-order valence-corrected chi connectivity index (χ0v) is 25.5. The van der Waals surface area contributed by atoms with E-state index in [1.165, 1.54) is 11.0 Å². The molecule has 234 valence electrons. The summed E-state index contributed by atoms with van der Waals surface area (Å²) < 4.78 is 11.4. The second kappa shape index (κ2) is 11.1. The number of rotatable bonds is 6. The summed E-state index contributed by atoms with van der Waals surface area (Å²) >= 11 is 0. The van der Waals surface area contributed by atoms with Gasteiger partial charge in [-0.3, -0.25) is 24.1 Å². The highest BCUT2D eigenvalue weighted by Gasteiger charge is 2.56. The Morgan fingerprint density at radius 2 is 1.70 bits per heavy atom. The summed E-state index contributed by atoms with van der Waals surface area (Å²) in [6.07, 6.45) is 3.97. The normalized spacial score (nSPS) is 23.8. The van der Waals surface area contributed by atoms with E-state index in [2.05, 4.69) is 4.98 Å². The number of benzene rings is 3. The van der Waals surface area contributed by atoms with Crippen LogP contribution < -0.4 is 9.64 Å². The third-order valence-electron chi connectivity index (χ3n) is 9.80. The molecule has 0 bridgehead atoms. The van der Waals surface area contributed by atoms with Gasteiger partial charge in [0.1, 0.15) is 17.9 Å². The molecule has 4 aliphatic rings. The number of fused-ring (bicyclic) bond motifs is 4. The quantitative estimate of drug-likeness (QED) is 0.169. The van der Waals surface area contributed by atoms with Crippen LogP contribution >= 0.6 is 0 Å². The van der Waals surface area contributed by atoms with Crippen molar-refractivity contribution >= 4 is 40.2 Å². The van der Waals surface area contributed by atoms with Gasteiger partial charge in [0.05, 0.1) is 24.1 Å². The number of oxazole rings is 1. The van der Waals surface area contributed by atoms with E-state index >= 15 is 0 Å². The molecular formula is C38H30N2O7. The monoisotopic (exact) mass is 626 g/mol. The lowest BCUT2D eigenvalue weighted by atomic mass is 9.59. The van der Waals surface area contributed by atoms with E-state index in [0.717, 1.165) is 22.2 Å². The topological polar surface area (TPSA) is 127 Å². The van der Waals surface area contributed by atoms with Crippen LogP contribution in [0.25, 0.3) is 22.6 Å². The zero-order chi connectivity index (χ0) is 32.4. The number of aromatic nitrogens is 1. The number of aliphatic hydroxyl groups excluding tert-OH is 1. The number of anilines is 1. The number of hydrogen-bond donors (Lipinski definition) is 1. The molecule has 2 heterocycles. The molecule has 47 heavy (non-hydrogen) atoms. The number of hydrogen-bond acceptors (Lipinski definition) is 8. The Labute approximate surface area is 269 Å². The smallest absolute Gasteiger partial charge is 0.238 e. The Morgan fingerprint density at radius 3 is 2.45 bits per heavy atom. The van der Waals surface area contributed by atoms with E-state index in [4.69, 9.17) is 14.3 Å². The first-order valence-corrected chi connectivity index (χ1v) is 15.7. The van der Waals surface area contributed by atoms with Crippen molar-refractivity contribution < 1.29 is 33.4 Å². The number of carbonyl (C=O) groups excluding carboxylic acids is 4. The highest BCUT2D eigenvalue weighted by molar-refractivity contribution is 6.25. The summed E-state index contributed by atoms with van der Waals surface area (Å²) in [7, 11) is 0. The number of Topliss-reactive ketones (excluding diaryl/α,β-unsaturated/α-hetero) is 1. The Bertz CT molecular complexity index is 2050. The molecule has 0 unspecified atom stereocenters. The van der Waals surface area contributed by atoms with Gasteiger partial charge in [-0.2, -0.15) is 0 Å². The van der Waals surface area contributed by atoms with Crippen molar-refractivity contribution in [2.75, 3.05) is 18.1 Å². The first kappa shape index (κ1) is 29.0. The standard InChI is InChI=1S/C38H30N2O7/c1-20-18-30(42)34-28(35(20)43)19-27-25(32(34)21-8-12-24(13-9-21)46-17-16-41)14-15-26-33(27)38(45)40(37(26)44)23-10-6-22(7-11-23)36-39-29-4-2-3-5-31(29)47-36/h2-14,18,26-27,32-33,41H,15-17,19H2,1H3/t26-,27+,32-,33-/m0/s1. The highest BCUT2D eigenvalue weighted by atomic mass is 16.5. The van der Waals surface area contributed by atoms with E-state index in [9.17, 15) is 19.2 Å². The maximum Gasteiger partial charge on any atom is 0.238 e. The number of ketones is 2. The van der Waals surface area contributed by atoms with E-state index in [-0.39, 0.29) is 43.0 Å². The number of para-hydroxylation sites is 2. The van der Waals surface area contributed by atoms with Gasteiger partial charge in [-0.25, -0.2) is 4.98 Å². The van der Waals surface area contributed by atoms with E-state index in [0.29, 0.717) is 46.1 Å². The summed E-state index contributed by atoms with van der Waals surface area (Å²) in [5, 5.41) is 9.14. The van der Waals surface area contributed by atoms with Crippen LogP contribution in [-0.4, -0.2) is 46.7 Å². The summed E-state index contributed by atoms with van der Waals surface area (Å²) in [6, 6.07) is 21.8. The largest absolute Gasteiger partial charge is 0.491 e. The van der Waals surface area contributed by atoms with Gasteiger partial charge in [0.25, 0.3) is 0 Å². The predicted octanol–water partition coefficient (Wildman–Crippen LogP) is 5.50. The minimum absolute atomic E-state index is 0.119. The molecule has 0 saturated carbocycles. The van der Waals surface area contributed by atoms with Crippen molar-refractivity contribution in [3.63, 3.8) is 0 Å². The number of aliphatic hydroxyl groups is 1. The van der Waals surface area contributed by atoms with E-state index < -0.39 is 23.7 Å². The fourth-order valence-corrected chi connectivity index (χ4v) is 7.68. The van der Waals surface area contributed by atoms with Gasteiger partial charge in [0.15, 0.2) is 17.1 Å². The van der Waals surface area contributed by atoms with Crippen LogP contribution in [0.4, 0.5) is 5.69 Å². The molecule has 4 atom stereocenters. The van der Waals surface area contributed by atoms with Crippen LogP contribution in [0.3, 0.4) is 0 Å². The molecule has 9 heteroatoms. The molecule has 0 spiro atoms. The number of amides is 2. The Balaban J connectivity index is 1.14. The van der Waals surface area contributed by atoms with Crippen molar-refractivity contribution in [3.05, 3.63) is 113 Å². The van der Waals surface area contributed by atoms with Crippen LogP contribution in [-0.2, 0) is 19.2 Å². The molecule has 1 fully saturated rings. The van der Waals surface area contributed by atoms with Gasteiger partial charge in [-0.15, -0.1) is 0 Å². The lowest BCUT2D eigenvalue weighted by Gasteiger charge is -2.42. The number of ether oxygens (including phenoxy) is 1. The minimum Gasteiger partial charge on any atom is -0.491 e. The van der Waals surface area contributed by atoms with Crippen molar-refractivity contribution in [2.45, 2.75) is 25.7 Å². The maximum atomic E-state index is 14.3. The lowest BCUT2D eigenvalue weighted by molar-refractivity contribution is -0.123. The van der Waals surface area contributed by atoms with Crippen molar-refractivity contribution in [1.29, 1.82) is 0 Å². The number of carbonyl (C=O) groups is 4. The molecule has 3 aromatic carbocycles. The van der Waals surface area contributed by atoms with E-state index in [1.807, 2.05) is 42.5 Å². The Hall–Kier alpha value is -5.41. The zero-order valence-electron chi connectivity index (χ0n) is 25.5. The second-order valence-electron chi connectivity index (χ2n) is 12.4. The maximum absolute atomic E-state index is 14.3. The van der Waals surface area contributed by atoms with Gasteiger partial charge in [0.2, 0.25) is 17.7 Å². The summed E-state index contributed by atoms with van der Waals surface area (Å²) in [6.45, 7) is 1.67. The molecule has 9 nitrogen and oxygen atoms in total. The van der Waals surface area contributed by atoms with Crippen LogP contribution in [0.2, 0.25) is 0 Å². The lowest BCUT2D eigenvalue weighted by Crippen LogP contribution is -2.39. The average molecular weight is 627 g/mol. The predicted molar refractivity (Wildman–Crippen MR) is 172 cm³/mol. The third kappa shape index (κ3) is 4.60. The second-order valence-corrected chi connectivity index (χ2v) is 12.4. The van der Waals surface area contributed by atoms with Gasteiger partial charge in [-0.1, -0.05) is 35.9 Å². The van der Waals surface area contributed by atoms with Gasteiger partial charge >= 0.3 is 0 Å². The van der Waals surface area contributed by atoms with Crippen molar-refractivity contribution in [2.24, 2.45) is 17.8 Å². The van der Waals surface area contributed by atoms with Crippen molar-refractivity contribution in [3.8, 4) is 17.2 Å². The molecule has 8 rings (SSSR count).